The number of phenolic OH excluding ortho intramolecular Hbond substituents is 1. The molecule has 3 aromatic rings. The molecule has 0 fully saturated rings. The lowest BCUT2D eigenvalue weighted by Crippen LogP contribution is -2.11. The van der Waals surface area contributed by atoms with Crippen molar-refractivity contribution in [2.75, 3.05) is 0 Å². The number of hydrogen-bond donors (Lipinski definition) is 1. The van der Waals surface area contributed by atoms with E-state index in [1.54, 1.807) is 26.2 Å². The Morgan fingerprint density at radius 3 is 2.65 bits per heavy atom. The van der Waals surface area contributed by atoms with Crippen LogP contribution < -0.4 is 5.63 Å². The summed E-state index contributed by atoms with van der Waals surface area (Å²) in [5.74, 6) is -0.756. The number of phenols is 1. The molecule has 134 valence electrons. The maximum absolute atomic E-state index is 12.3. The third-order valence-corrected chi connectivity index (χ3v) is 4.20. The molecule has 26 heavy (non-hydrogen) atoms. The number of ketones is 1. The van der Waals surface area contributed by atoms with Crippen molar-refractivity contribution in [2.45, 2.75) is 20.5 Å². The number of rotatable bonds is 4. The van der Waals surface area contributed by atoms with Crippen molar-refractivity contribution in [1.29, 1.82) is 0 Å². The molecule has 0 aliphatic carbocycles. The lowest BCUT2D eigenvalue weighted by molar-refractivity contribution is 0.0462. The van der Waals surface area contributed by atoms with E-state index < -0.39 is 11.6 Å². The summed E-state index contributed by atoms with van der Waals surface area (Å²) in [6.07, 6.45) is 1.55. The predicted octanol–water partition coefficient (Wildman–Crippen LogP) is 2.71. The van der Waals surface area contributed by atoms with E-state index in [9.17, 15) is 19.5 Å². The summed E-state index contributed by atoms with van der Waals surface area (Å²) >= 11 is 0. The van der Waals surface area contributed by atoms with E-state index in [0.717, 1.165) is 0 Å². The standard InChI is InChI=1S/C19H17NO6/c1-10-16(22)5-4-14-13(7-17(23)26-18(10)14)9-25-19(24)15-6-12(11(2)21)8-20(15)3/h4-8,22H,9H2,1-3H3. The molecular weight excluding hydrogens is 338 g/mol. The molecule has 0 aliphatic rings. The molecule has 7 heteroatoms. The smallest absolute Gasteiger partial charge is 0.355 e. The van der Waals surface area contributed by atoms with Gasteiger partial charge in [0.05, 0.1) is 0 Å². The zero-order valence-corrected chi connectivity index (χ0v) is 14.5. The van der Waals surface area contributed by atoms with Crippen LogP contribution in [0.2, 0.25) is 0 Å². The number of nitrogens with zero attached hydrogens (tertiary/aromatic N) is 1. The van der Waals surface area contributed by atoms with Crippen molar-refractivity contribution >= 4 is 22.7 Å². The van der Waals surface area contributed by atoms with E-state index in [1.165, 1.54) is 29.7 Å². The zero-order valence-electron chi connectivity index (χ0n) is 14.5. The fraction of sp³-hybridized carbons (Fsp3) is 0.211. The monoisotopic (exact) mass is 355 g/mol. The van der Waals surface area contributed by atoms with Crippen LogP contribution in [0.4, 0.5) is 0 Å². The highest BCUT2D eigenvalue weighted by molar-refractivity contribution is 5.97. The first-order valence-electron chi connectivity index (χ1n) is 7.87. The fourth-order valence-electron chi connectivity index (χ4n) is 2.71. The van der Waals surface area contributed by atoms with E-state index >= 15 is 0 Å². The van der Waals surface area contributed by atoms with Gasteiger partial charge < -0.3 is 18.8 Å². The van der Waals surface area contributed by atoms with E-state index in [0.29, 0.717) is 22.1 Å². The molecule has 0 aliphatic heterocycles. The molecule has 0 amide bonds. The Morgan fingerprint density at radius 1 is 1.27 bits per heavy atom. The van der Waals surface area contributed by atoms with Crippen LogP contribution in [0.25, 0.3) is 11.0 Å². The Bertz CT molecular complexity index is 1090. The van der Waals surface area contributed by atoms with E-state index in [1.807, 2.05) is 0 Å². The van der Waals surface area contributed by atoms with Gasteiger partial charge in [-0.25, -0.2) is 9.59 Å². The third-order valence-electron chi connectivity index (χ3n) is 4.20. The second-order valence-electron chi connectivity index (χ2n) is 6.03. The largest absolute Gasteiger partial charge is 0.508 e. The van der Waals surface area contributed by atoms with E-state index in [4.69, 9.17) is 9.15 Å². The van der Waals surface area contributed by atoms with Gasteiger partial charge >= 0.3 is 11.6 Å². The first-order chi connectivity index (χ1) is 12.3. The van der Waals surface area contributed by atoms with Crippen molar-refractivity contribution in [1.82, 2.24) is 4.57 Å². The summed E-state index contributed by atoms with van der Waals surface area (Å²) in [4.78, 5) is 35.5. The van der Waals surface area contributed by atoms with Crippen LogP contribution in [0.15, 0.2) is 39.7 Å². The number of hydrogen-bond acceptors (Lipinski definition) is 6. The van der Waals surface area contributed by atoms with Crippen LogP contribution in [0.3, 0.4) is 0 Å². The number of carbonyl (C=O) groups excluding carboxylic acids is 2. The molecule has 1 aromatic carbocycles. The molecule has 1 N–H and O–H groups in total. The van der Waals surface area contributed by atoms with Gasteiger partial charge in [-0.1, -0.05) is 0 Å². The predicted molar refractivity (Wildman–Crippen MR) is 93.4 cm³/mol. The lowest BCUT2D eigenvalue weighted by atomic mass is 10.1. The number of aromatic hydroxyl groups is 1. The van der Waals surface area contributed by atoms with Gasteiger partial charge in [-0.3, -0.25) is 4.79 Å². The number of fused-ring (bicyclic) bond motifs is 1. The van der Waals surface area contributed by atoms with Gasteiger partial charge in [-0.2, -0.15) is 0 Å². The van der Waals surface area contributed by atoms with E-state index in [2.05, 4.69) is 0 Å². The molecule has 0 bridgehead atoms. The Morgan fingerprint density at radius 2 is 2.00 bits per heavy atom. The summed E-state index contributed by atoms with van der Waals surface area (Å²) < 4.78 is 12.0. The van der Waals surface area contributed by atoms with Crippen molar-refractivity contribution < 1.29 is 23.8 Å². The van der Waals surface area contributed by atoms with Gasteiger partial charge in [0, 0.05) is 41.4 Å². The normalized spacial score (nSPS) is 10.9. The minimum Gasteiger partial charge on any atom is -0.508 e. The number of aryl methyl sites for hydroxylation is 2. The van der Waals surface area contributed by atoms with Crippen LogP contribution >= 0.6 is 0 Å². The second-order valence-corrected chi connectivity index (χ2v) is 6.03. The van der Waals surface area contributed by atoms with E-state index in [-0.39, 0.29) is 29.4 Å². The summed E-state index contributed by atoms with van der Waals surface area (Å²) in [7, 11) is 1.64. The fourth-order valence-corrected chi connectivity index (χ4v) is 2.71. The van der Waals surface area contributed by atoms with Crippen molar-refractivity contribution in [3.8, 4) is 5.75 Å². The molecule has 7 nitrogen and oxygen atoms in total. The quantitative estimate of drug-likeness (QED) is 0.439. The Hall–Kier alpha value is -3.35. The maximum Gasteiger partial charge on any atom is 0.355 e. The highest BCUT2D eigenvalue weighted by Crippen LogP contribution is 2.27. The molecule has 2 heterocycles. The summed E-state index contributed by atoms with van der Waals surface area (Å²) in [6.45, 7) is 2.90. The SMILES string of the molecule is CC(=O)c1cc(C(=O)OCc2cc(=O)oc3c(C)c(O)ccc23)n(C)c1. The number of Topliss-reactive ketones (excluding diaryl/α,β-unsaturated/α-hetero) is 1. The van der Waals surface area contributed by atoms with Crippen LogP contribution in [-0.4, -0.2) is 21.4 Å². The number of aromatic nitrogens is 1. The maximum atomic E-state index is 12.3. The summed E-state index contributed by atoms with van der Waals surface area (Å²) in [6, 6.07) is 5.79. The second kappa shape index (κ2) is 6.51. The van der Waals surface area contributed by atoms with Crippen LogP contribution in [0, 0.1) is 6.92 Å². The molecule has 0 atom stereocenters. The lowest BCUT2D eigenvalue weighted by Gasteiger charge is -2.09. The average molecular weight is 355 g/mol. The topological polar surface area (TPSA) is 98.7 Å². The molecule has 2 aromatic heterocycles. The first-order valence-corrected chi connectivity index (χ1v) is 7.87. The molecule has 0 saturated heterocycles. The Kier molecular flexibility index (Phi) is 4.38. The number of ether oxygens (including phenoxy) is 1. The van der Waals surface area contributed by atoms with Gasteiger partial charge in [-0.05, 0) is 32.0 Å². The number of carbonyl (C=O) groups is 2. The number of benzene rings is 1. The summed E-state index contributed by atoms with van der Waals surface area (Å²) in [5, 5.41) is 10.3. The average Bonchev–Trinajstić information content (AvgIpc) is 2.98. The minimum absolute atomic E-state index is 0.00960. The third kappa shape index (κ3) is 3.11. The molecule has 0 spiro atoms. The van der Waals surface area contributed by atoms with Gasteiger partial charge in [-0.15, -0.1) is 0 Å². The van der Waals surface area contributed by atoms with Gasteiger partial charge in [0.15, 0.2) is 5.78 Å². The minimum atomic E-state index is -0.614. The highest BCUT2D eigenvalue weighted by atomic mass is 16.5. The zero-order chi connectivity index (χ0) is 19.0. The van der Waals surface area contributed by atoms with Crippen LogP contribution in [0.1, 0.15) is 38.9 Å². The van der Waals surface area contributed by atoms with Crippen LogP contribution in [0.5, 0.6) is 5.75 Å². The molecular formula is C19H17NO6. The van der Waals surface area contributed by atoms with Crippen molar-refractivity contribution in [2.24, 2.45) is 7.05 Å². The molecule has 0 unspecified atom stereocenters. The van der Waals surface area contributed by atoms with Gasteiger partial charge in [0.1, 0.15) is 23.6 Å². The van der Waals surface area contributed by atoms with Crippen molar-refractivity contribution in [3.05, 3.63) is 63.3 Å². The number of esters is 1. The molecule has 3 rings (SSSR count). The first kappa shape index (κ1) is 17.5. The van der Waals surface area contributed by atoms with Gasteiger partial charge in [0.25, 0.3) is 0 Å². The highest BCUT2D eigenvalue weighted by Gasteiger charge is 2.17. The Balaban J connectivity index is 1.90. The van der Waals surface area contributed by atoms with Crippen molar-refractivity contribution in [3.63, 3.8) is 0 Å². The molecule has 0 saturated carbocycles. The Labute approximate surface area is 148 Å². The molecule has 0 radical (unpaired) electrons. The summed E-state index contributed by atoms with van der Waals surface area (Å²) in [5.41, 5.74) is 1.19. The van der Waals surface area contributed by atoms with Crippen LogP contribution in [-0.2, 0) is 18.4 Å². The van der Waals surface area contributed by atoms with Gasteiger partial charge in [0.2, 0.25) is 0 Å².